The zero-order valence-electron chi connectivity index (χ0n) is 8.93. The zero-order valence-corrected chi connectivity index (χ0v) is 13.0. The fraction of sp³-hybridized carbons (Fsp3) is 0.800. The lowest BCUT2D eigenvalue weighted by Gasteiger charge is -2.10. The molecule has 0 saturated heterocycles. The normalized spacial score (nSPS) is 12.2. The van der Waals surface area contributed by atoms with Crippen LogP contribution in [0.3, 0.4) is 0 Å². The largest absolute Gasteiger partial charge is 0.498 e. The minimum atomic E-state index is -0.339. The van der Waals surface area contributed by atoms with E-state index in [0.717, 1.165) is 25.2 Å². The Morgan fingerprint density at radius 2 is 1.86 bits per heavy atom. The molecule has 0 aromatic rings. The second kappa shape index (κ2) is 10.4. The molecular weight excluding hydrogens is 327 g/mol. The number of rotatable bonds is 8. The van der Waals surface area contributed by atoms with Gasteiger partial charge in [-0.05, 0) is 49.6 Å². The maximum absolute atomic E-state index is 5.71. The van der Waals surface area contributed by atoms with E-state index in [1.807, 2.05) is 0 Å². The minimum Gasteiger partial charge on any atom is -0.498 e. The van der Waals surface area contributed by atoms with Crippen molar-refractivity contribution in [3.8, 4) is 0 Å². The molecule has 0 radical (unpaired) electrons. The third-order valence-corrected chi connectivity index (χ3v) is 3.52. The number of halogens is 2. The average molecular weight is 346 g/mol. The summed E-state index contributed by atoms with van der Waals surface area (Å²) in [6.45, 7) is 5.24. The molecule has 0 saturated carbocycles. The summed E-state index contributed by atoms with van der Waals surface area (Å²) in [5.41, 5.74) is 0. The van der Waals surface area contributed by atoms with E-state index in [1.165, 1.54) is 19.3 Å². The summed E-state index contributed by atoms with van der Waals surface area (Å²) >= 11 is 7.00. The molecule has 0 bridgehead atoms. The van der Waals surface area contributed by atoms with Crippen LogP contribution in [0.2, 0.25) is 0 Å². The third kappa shape index (κ3) is 9.48. The lowest BCUT2D eigenvalue weighted by Crippen LogP contribution is -1.94. The van der Waals surface area contributed by atoms with Crippen LogP contribution < -0.4 is 0 Å². The summed E-state index contributed by atoms with van der Waals surface area (Å²) in [6, 6.07) is 0. The Morgan fingerprint density at radius 1 is 1.21 bits per heavy atom. The molecule has 0 fully saturated rings. The van der Waals surface area contributed by atoms with Crippen LogP contribution in [0.5, 0.6) is 0 Å². The molecule has 0 amide bonds. The summed E-state index contributed by atoms with van der Waals surface area (Å²) < 4.78 is 5.71. The third-order valence-electron chi connectivity index (χ3n) is 1.80. The summed E-state index contributed by atoms with van der Waals surface area (Å²) in [5.74, 6) is 3.29. The Morgan fingerprint density at radius 3 is 2.36 bits per heavy atom. The highest BCUT2D eigenvalue weighted by Crippen LogP contribution is 2.54. The van der Waals surface area contributed by atoms with Gasteiger partial charge in [-0.25, -0.2) is 0 Å². The number of hydrogen-bond acceptors (Lipinski definition) is 1. The van der Waals surface area contributed by atoms with Gasteiger partial charge in [-0.1, -0.05) is 26.7 Å². The highest BCUT2D eigenvalue weighted by Gasteiger charge is 2.01. The van der Waals surface area contributed by atoms with Crippen molar-refractivity contribution in [1.82, 2.24) is 0 Å². The molecule has 14 heavy (non-hydrogen) atoms. The van der Waals surface area contributed by atoms with Crippen molar-refractivity contribution in [2.24, 2.45) is 0 Å². The minimum absolute atomic E-state index is 0.339. The van der Waals surface area contributed by atoms with Crippen LogP contribution in [0.1, 0.15) is 46.0 Å². The van der Waals surface area contributed by atoms with Gasteiger partial charge in [0, 0.05) is 6.42 Å². The summed E-state index contributed by atoms with van der Waals surface area (Å²) in [4.78, 5) is 0. The lowest BCUT2D eigenvalue weighted by molar-refractivity contribution is 0.197. The molecule has 1 nitrogen and oxygen atoms in total. The Balaban J connectivity index is 3.84. The van der Waals surface area contributed by atoms with Gasteiger partial charge in [-0.3, -0.25) is 0 Å². The highest BCUT2D eigenvalue weighted by atomic mass is 79.9. The first-order chi connectivity index (χ1) is 6.70. The van der Waals surface area contributed by atoms with E-state index in [-0.39, 0.29) is 5.33 Å². The molecule has 0 aliphatic rings. The van der Waals surface area contributed by atoms with Crippen molar-refractivity contribution in [2.75, 3.05) is 6.61 Å². The Bertz CT molecular complexity index is 160. The Hall–Kier alpha value is 0.930. The van der Waals surface area contributed by atoms with E-state index in [4.69, 9.17) is 4.74 Å². The van der Waals surface area contributed by atoms with Crippen molar-refractivity contribution < 1.29 is 4.74 Å². The van der Waals surface area contributed by atoms with Gasteiger partial charge in [0.15, 0.2) is 0 Å². The van der Waals surface area contributed by atoms with Crippen LogP contribution >= 0.6 is 36.3 Å². The quantitative estimate of drug-likeness (QED) is 0.300. The molecule has 0 aliphatic heterocycles. The summed E-state index contributed by atoms with van der Waals surface area (Å²) in [7, 11) is 0. The average Bonchev–Trinajstić information content (AvgIpc) is 2.13. The zero-order chi connectivity index (χ0) is 10.8. The van der Waals surface area contributed by atoms with Crippen molar-refractivity contribution in [2.45, 2.75) is 46.0 Å². The van der Waals surface area contributed by atoms with Crippen molar-refractivity contribution in [1.29, 1.82) is 0 Å². The van der Waals surface area contributed by atoms with Gasteiger partial charge in [0.25, 0.3) is 0 Å². The Kier molecular flexibility index (Phi) is 11.1. The van der Waals surface area contributed by atoms with Gasteiger partial charge in [-0.15, -0.1) is 0 Å². The molecule has 0 aliphatic carbocycles. The van der Waals surface area contributed by atoms with Gasteiger partial charge >= 0.3 is 0 Å². The van der Waals surface area contributed by atoms with E-state index in [1.54, 1.807) is 0 Å². The van der Waals surface area contributed by atoms with E-state index in [9.17, 15) is 0 Å². The molecule has 0 spiro atoms. The van der Waals surface area contributed by atoms with Gasteiger partial charge in [-0.2, -0.15) is 0 Å². The molecule has 0 unspecified atom stereocenters. The predicted octanol–water partition coefficient (Wildman–Crippen LogP) is 5.94. The molecule has 0 heterocycles. The predicted molar refractivity (Wildman–Crippen MR) is 73.2 cm³/mol. The monoisotopic (exact) mass is 344 g/mol. The van der Waals surface area contributed by atoms with E-state index < -0.39 is 0 Å². The maximum atomic E-state index is 5.71. The van der Waals surface area contributed by atoms with Gasteiger partial charge in [0.1, 0.15) is 0 Å². The van der Waals surface area contributed by atoms with Gasteiger partial charge in [0.2, 0.25) is 0 Å². The molecule has 0 rings (SSSR count). The first-order valence-corrected chi connectivity index (χ1v) is 10.6. The van der Waals surface area contributed by atoms with Crippen LogP contribution in [-0.4, -0.2) is 6.61 Å². The van der Waals surface area contributed by atoms with Crippen LogP contribution in [-0.2, 0) is 4.74 Å². The molecule has 84 valence electrons. The molecule has 0 atom stereocenters. The first kappa shape index (κ1) is 14.9. The molecule has 4 heteroatoms. The Labute approximate surface area is 105 Å². The second-order valence-corrected chi connectivity index (χ2v) is 11.4. The second-order valence-electron chi connectivity index (χ2n) is 3.16. The molecule has 0 aromatic heterocycles. The number of ether oxygens (including phenoxy) is 1. The molecular formula is C10H19Br2OP. The van der Waals surface area contributed by atoms with Gasteiger partial charge in [0.05, 0.1) is 17.7 Å². The fourth-order valence-electron chi connectivity index (χ4n) is 0.981. The number of unbranched alkanes of at least 4 members (excludes halogenated alkanes) is 2. The smallest absolute Gasteiger partial charge is 0.0980 e. The highest BCUT2D eigenvalue weighted by molar-refractivity contribution is 9.69. The van der Waals surface area contributed by atoms with Crippen LogP contribution in [0.15, 0.2) is 11.6 Å². The van der Waals surface area contributed by atoms with Crippen LogP contribution in [0.4, 0.5) is 0 Å². The van der Waals surface area contributed by atoms with Crippen molar-refractivity contribution in [3.05, 3.63) is 11.6 Å². The number of allylic oxidation sites excluding steroid dienone is 1. The van der Waals surface area contributed by atoms with E-state index in [2.05, 4.69) is 50.6 Å². The standard InChI is InChI=1S/C10H19Br2OP/c1-3-5-7-10(9-14(11)12)13-8-6-4-2/h9H,3-8H2,1-2H3/b10-9+. The summed E-state index contributed by atoms with van der Waals surface area (Å²) in [5, 5.41) is -0.339. The maximum Gasteiger partial charge on any atom is 0.0980 e. The SMILES string of the molecule is CCCCO/C(=C/P(Br)Br)CCCC. The number of hydrogen-bond donors (Lipinski definition) is 0. The summed E-state index contributed by atoms with van der Waals surface area (Å²) in [6.07, 6.45) is 5.83. The lowest BCUT2D eigenvalue weighted by atomic mass is 10.2. The van der Waals surface area contributed by atoms with Crippen molar-refractivity contribution in [3.63, 3.8) is 0 Å². The van der Waals surface area contributed by atoms with Crippen LogP contribution in [0, 0.1) is 0 Å². The van der Waals surface area contributed by atoms with E-state index >= 15 is 0 Å². The van der Waals surface area contributed by atoms with Crippen molar-refractivity contribution >= 4 is 36.3 Å². The first-order valence-electron chi connectivity index (χ1n) is 5.15. The molecule has 0 N–H and O–H groups in total. The topological polar surface area (TPSA) is 9.23 Å². The van der Waals surface area contributed by atoms with Crippen LogP contribution in [0.25, 0.3) is 0 Å². The fourth-order valence-corrected chi connectivity index (χ4v) is 2.77. The molecule has 0 aromatic carbocycles. The van der Waals surface area contributed by atoms with Gasteiger partial charge < -0.3 is 4.74 Å². The van der Waals surface area contributed by atoms with E-state index in [0.29, 0.717) is 0 Å².